The summed E-state index contributed by atoms with van der Waals surface area (Å²) in [5.74, 6) is -1.24. The third-order valence-electron chi connectivity index (χ3n) is 2.57. The highest BCUT2D eigenvalue weighted by atomic mass is 16.6. The third-order valence-corrected chi connectivity index (χ3v) is 2.57. The van der Waals surface area contributed by atoms with Crippen LogP contribution in [0.1, 0.15) is 13.8 Å². The van der Waals surface area contributed by atoms with Crippen molar-refractivity contribution in [3.05, 3.63) is 0 Å². The fourth-order valence-corrected chi connectivity index (χ4v) is 1.19. The van der Waals surface area contributed by atoms with E-state index in [4.69, 9.17) is 16.4 Å². The van der Waals surface area contributed by atoms with Gasteiger partial charge in [-0.25, -0.2) is 0 Å². The molecule has 0 fully saturated rings. The molecule has 0 heterocycles. The standard InChI is InChI=1S/C11H21NO7/c1-5(2)8(12)11(18)19-7(4-14)10(17)9(16)6(15)3-13/h4-10,13,15-17H,3,12H2,1-2H3/t6-,7+,8+,9-,10-/m1/s1/i/hD. The van der Waals surface area contributed by atoms with Gasteiger partial charge in [0.1, 0.15) is 25.8 Å². The van der Waals surface area contributed by atoms with Gasteiger partial charge in [-0.1, -0.05) is 13.8 Å². The van der Waals surface area contributed by atoms with E-state index in [0.717, 1.165) is 0 Å². The predicted octanol–water partition coefficient (Wildman–Crippen LogP) is -2.84. The zero-order valence-electron chi connectivity index (χ0n) is 11.8. The number of ether oxygens (including phenoxy) is 1. The topological polar surface area (TPSA) is 150 Å². The molecule has 5 atom stereocenters. The minimum Gasteiger partial charge on any atom is -0.451 e. The van der Waals surface area contributed by atoms with Crippen molar-refractivity contribution in [1.29, 1.82) is 0 Å². The van der Waals surface area contributed by atoms with Gasteiger partial charge in [0.15, 0.2) is 12.4 Å². The van der Waals surface area contributed by atoms with Crippen LogP contribution < -0.4 is 5.73 Å². The van der Waals surface area contributed by atoms with Crippen molar-refractivity contribution in [3.8, 4) is 0 Å². The largest absolute Gasteiger partial charge is 0.451 e. The van der Waals surface area contributed by atoms with E-state index in [9.17, 15) is 19.8 Å². The van der Waals surface area contributed by atoms with Gasteiger partial charge in [-0.05, 0) is 5.92 Å². The summed E-state index contributed by atoms with van der Waals surface area (Å²) >= 11 is 0. The quantitative estimate of drug-likeness (QED) is 0.224. The summed E-state index contributed by atoms with van der Waals surface area (Å²) < 4.78 is 11.7. The number of hydrogen-bond acceptors (Lipinski definition) is 8. The summed E-state index contributed by atoms with van der Waals surface area (Å²) in [5.41, 5.74) is 1.96. The van der Waals surface area contributed by atoms with E-state index in [1.165, 1.54) is 0 Å². The number of carbonyl (C=O) groups excluding carboxylic acids is 2. The van der Waals surface area contributed by atoms with E-state index < -0.39 is 43.0 Å². The van der Waals surface area contributed by atoms with Gasteiger partial charge in [-0.2, -0.15) is 0 Å². The van der Waals surface area contributed by atoms with Crippen LogP contribution in [0.3, 0.4) is 0 Å². The molecule has 8 heteroatoms. The Morgan fingerprint density at radius 3 is 2.32 bits per heavy atom. The molecule has 0 radical (unpaired) electrons. The van der Waals surface area contributed by atoms with Crippen LogP contribution in [-0.2, 0) is 14.3 Å². The molecule has 19 heavy (non-hydrogen) atoms. The molecule has 112 valence electrons. The summed E-state index contributed by atoms with van der Waals surface area (Å²) in [4.78, 5) is 22.5. The maximum absolute atomic E-state index is 11.7. The summed E-state index contributed by atoms with van der Waals surface area (Å²) in [6, 6.07) is -1.01. The Morgan fingerprint density at radius 1 is 1.37 bits per heavy atom. The van der Waals surface area contributed by atoms with Crippen LogP contribution >= 0.6 is 0 Å². The van der Waals surface area contributed by atoms with Crippen molar-refractivity contribution in [2.75, 3.05) is 6.61 Å². The van der Waals surface area contributed by atoms with Gasteiger partial charge < -0.3 is 30.9 Å². The molecule has 0 aromatic heterocycles. The lowest BCUT2D eigenvalue weighted by Gasteiger charge is -2.26. The first-order valence-corrected chi connectivity index (χ1v) is 5.78. The molecule has 0 spiro atoms. The van der Waals surface area contributed by atoms with E-state index in [2.05, 4.69) is 0 Å². The number of rotatable bonds is 9. The Morgan fingerprint density at radius 2 is 1.95 bits per heavy atom. The first-order valence-electron chi connectivity index (χ1n) is 6.28. The molecule has 0 aliphatic rings. The average Bonchev–Trinajstić information content (AvgIpc) is 2.42. The molecule has 0 aliphatic heterocycles. The van der Waals surface area contributed by atoms with Crippen LogP contribution in [0.2, 0.25) is 1.41 Å². The van der Waals surface area contributed by atoms with Gasteiger partial charge in [0.25, 0.3) is 0 Å². The van der Waals surface area contributed by atoms with Crippen molar-refractivity contribution < 1.29 is 36.2 Å². The van der Waals surface area contributed by atoms with Gasteiger partial charge in [0.2, 0.25) is 0 Å². The maximum atomic E-state index is 11.7. The zero-order chi connectivity index (χ0) is 15.9. The highest BCUT2D eigenvalue weighted by molar-refractivity contribution is 5.78. The number of hydrogen-bond donors (Lipinski definition) is 5. The smallest absolute Gasteiger partial charge is 0.323 e. The predicted molar refractivity (Wildman–Crippen MR) is 63.9 cm³/mol. The molecule has 0 unspecified atom stereocenters. The monoisotopic (exact) mass is 280 g/mol. The van der Waals surface area contributed by atoms with Crippen LogP contribution in [0, 0.1) is 5.92 Å². The van der Waals surface area contributed by atoms with E-state index >= 15 is 0 Å². The highest BCUT2D eigenvalue weighted by Crippen LogP contribution is 2.09. The van der Waals surface area contributed by atoms with Crippen LogP contribution in [0.15, 0.2) is 0 Å². The van der Waals surface area contributed by atoms with Gasteiger partial charge >= 0.3 is 5.97 Å². The molecule has 0 saturated carbocycles. The van der Waals surface area contributed by atoms with Crippen molar-refractivity contribution in [2.45, 2.75) is 44.3 Å². The van der Waals surface area contributed by atoms with Gasteiger partial charge in [0.05, 0.1) is 6.61 Å². The average molecular weight is 280 g/mol. The van der Waals surface area contributed by atoms with E-state index in [-0.39, 0.29) is 12.2 Å². The van der Waals surface area contributed by atoms with Gasteiger partial charge in [-0.15, -0.1) is 0 Å². The van der Waals surface area contributed by atoms with Crippen LogP contribution in [0.25, 0.3) is 0 Å². The molecule has 0 saturated heterocycles. The second-order valence-corrected chi connectivity index (χ2v) is 4.49. The molecule has 8 nitrogen and oxygen atoms in total. The lowest BCUT2D eigenvalue weighted by atomic mass is 10.0. The number of carbonyl (C=O) groups is 2. The number of nitrogens with two attached hydrogens (primary N) is 1. The molecule has 6 N–H and O–H groups in total. The number of aliphatic hydroxyl groups is 4. The lowest BCUT2D eigenvalue weighted by Crippen LogP contribution is -2.50. The second kappa shape index (κ2) is 8.18. The fraction of sp³-hybridized carbons (Fsp3) is 0.818. The molecule has 0 aliphatic carbocycles. The van der Waals surface area contributed by atoms with Crippen molar-refractivity contribution >= 4 is 12.3 Å². The summed E-state index contributed by atoms with van der Waals surface area (Å²) in [6.07, 6.45) is -7.05. The molecular weight excluding hydrogens is 258 g/mol. The van der Waals surface area contributed by atoms with E-state index in [0.29, 0.717) is 0 Å². The SMILES string of the molecule is [2H]N[C@H](C(=O)O[C@@H](C=O)[C@@H](O)[C@H](O)[C@H](O)CO)C(C)C. The Kier molecular flexibility index (Phi) is 6.89. The Labute approximate surface area is 112 Å². The second-order valence-electron chi connectivity index (χ2n) is 4.49. The number of aldehydes is 1. The van der Waals surface area contributed by atoms with Crippen molar-refractivity contribution in [2.24, 2.45) is 11.6 Å². The maximum Gasteiger partial charge on any atom is 0.323 e. The minimum atomic E-state index is -1.89. The van der Waals surface area contributed by atoms with Crippen LogP contribution in [0.4, 0.5) is 0 Å². The molecule has 0 amide bonds. The summed E-state index contributed by atoms with van der Waals surface area (Å²) in [6.45, 7) is 2.45. The minimum absolute atomic E-state index is 0.0945. The number of aliphatic hydroxyl groups excluding tert-OH is 4. The lowest BCUT2D eigenvalue weighted by molar-refractivity contribution is -0.170. The van der Waals surface area contributed by atoms with Crippen LogP contribution in [-0.4, -0.2) is 69.7 Å². The highest BCUT2D eigenvalue weighted by Gasteiger charge is 2.34. The van der Waals surface area contributed by atoms with Gasteiger partial charge in [-0.3, -0.25) is 9.59 Å². The molecule has 0 bridgehead atoms. The van der Waals surface area contributed by atoms with E-state index in [1.807, 2.05) is 5.73 Å². The van der Waals surface area contributed by atoms with Crippen LogP contribution in [0.5, 0.6) is 0 Å². The Hall–Kier alpha value is -1.06. The first kappa shape index (κ1) is 16.0. The summed E-state index contributed by atoms with van der Waals surface area (Å²) in [7, 11) is 0. The van der Waals surface area contributed by atoms with Crippen molar-refractivity contribution in [3.63, 3.8) is 0 Å². The fourth-order valence-electron chi connectivity index (χ4n) is 1.19. The van der Waals surface area contributed by atoms with E-state index in [1.54, 1.807) is 13.8 Å². The molecule has 0 aromatic rings. The Bertz CT molecular complexity index is 315. The third kappa shape index (κ3) is 5.21. The molecule has 0 rings (SSSR count). The Balaban J connectivity index is 4.77. The zero-order valence-corrected chi connectivity index (χ0v) is 10.8. The molecular formula is C11H21NO7. The molecule has 0 aromatic carbocycles. The van der Waals surface area contributed by atoms with Gasteiger partial charge in [0, 0.05) is 0 Å². The normalized spacial score (nSPS) is 20.1. The van der Waals surface area contributed by atoms with Crippen molar-refractivity contribution in [1.82, 2.24) is 0 Å². The number of esters is 1. The first-order chi connectivity index (χ1) is 9.29. The summed E-state index contributed by atoms with van der Waals surface area (Å²) in [5, 5.41) is 36.9.